The van der Waals surface area contributed by atoms with Gasteiger partial charge in [0.05, 0.1) is 33.1 Å². The van der Waals surface area contributed by atoms with E-state index in [9.17, 15) is 14.7 Å². The number of nitrogens with one attached hydrogen (secondary N) is 2. The molecule has 0 fully saturated rings. The molecule has 10 nitrogen and oxygen atoms in total. The number of aromatic hydroxyl groups is 1. The minimum absolute atomic E-state index is 0.0633. The van der Waals surface area contributed by atoms with Crippen molar-refractivity contribution in [1.29, 1.82) is 0 Å². The first kappa shape index (κ1) is 22.6. The van der Waals surface area contributed by atoms with Crippen LogP contribution in [-0.2, 0) is 6.42 Å². The summed E-state index contributed by atoms with van der Waals surface area (Å²) in [6, 6.07) is 10.4. The summed E-state index contributed by atoms with van der Waals surface area (Å²) in [7, 11) is 6.26. The number of benzene rings is 2. The second-order valence-electron chi connectivity index (χ2n) is 8.41. The second-order valence-corrected chi connectivity index (χ2v) is 8.41. The van der Waals surface area contributed by atoms with Crippen LogP contribution in [0, 0.1) is 0 Å². The molecule has 5 rings (SSSR count). The molecule has 1 aliphatic heterocycles. The van der Waals surface area contributed by atoms with E-state index in [2.05, 4.69) is 9.97 Å². The Bertz CT molecular complexity index is 1530. The first-order valence-electron chi connectivity index (χ1n) is 11.1. The molecule has 0 spiro atoms. The summed E-state index contributed by atoms with van der Waals surface area (Å²) in [5, 5.41) is 12.5. The Labute approximate surface area is 200 Å². The van der Waals surface area contributed by atoms with E-state index in [-0.39, 0.29) is 11.3 Å². The third-order valence-corrected chi connectivity index (χ3v) is 6.58. The van der Waals surface area contributed by atoms with E-state index in [0.717, 1.165) is 33.1 Å². The third kappa shape index (κ3) is 3.45. The zero-order valence-electron chi connectivity index (χ0n) is 19.8. The molecule has 0 bridgehead atoms. The predicted octanol–water partition coefficient (Wildman–Crippen LogP) is 2.32. The Kier molecular flexibility index (Phi) is 5.52. The van der Waals surface area contributed by atoms with Crippen LogP contribution >= 0.6 is 0 Å². The van der Waals surface area contributed by atoms with Crippen LogP contribution in [0.15, 0.2) is 46.0 Å². The molecular formula is C25H26N4O6. The lowest BCUT2D eigenvalue weighted by molar-refractivity contribution is 0.251. The SMILES string of the molecule is COc1cc(-n2c(O)c([C@H]3c4[nH]c5ccccc5c4CCN3C)c(=O)[nH]c2=O)cc(OC)c1OC. The molecule has 182 valence electrons. The molecule has 3 heterocycles. The third-order valence-electron chi connectivity index (χ3n) is 6.58. The highest BCUT2D eigenvalue weighted by Gasteiger charge is 2.35. The molecule has 4 aromatic rings. The van der Waals surface area contributed by atoms with Gasteiger partial charge >= 0.3 is 5.69 Å². The fourth-order valence-corrected chi connectivity index (χ4v) is 4.95. The Hall–Kier alpha value is -4.18. The second kappa shape index (κ2) is 8.55. The van der Waals surface area contributed by atoms with Gasteiger partial charge in [-0.15, -0.1) is 0 Å². The monoisotopic (exact) mass is 478 g/mol. The number of hydrogen-bond acceptors (Lipinski definition) is 7. The number of aromatic amines is 2. The average molecular weight is 479 g/mol. The summed E-state index contributed by atoms with van der Waals surface area (Å²) in [6.07, 6.45) is 0.789. The lowest BCUT2D eigenvalue weighted by Gasteiger charge is -2.33. The number of aromatic nitrogens is 3. The predicted molar refractivity (Wildman–Crippen MR) is 130 cm³/mol. The molecule has 1 atom stereocenters. The van der Waals surface area contributed by atoms with Crippen LogP contribution < -0.4 is 25.5 Å². The van der Waals surface area contributed by atoms with Gasteiger partial charge in [-0.05, 0) is 25.1 Å². The molecule has 2 aromatic heterocycles. The largest absolute Gasteiger partial charge is 0.494 e. The highest BCUT2D eigenvalue weighted by atomic mass is 16.5. The molecule has 2 aromatic carbocycles. The van der Waals surface area contributed by atoms with Gasteiger partial charge in [0.25, 0.3) is 5.56 Å². The van der Waals surface area contributed by atoms with Crippen molar-refractivity contribution in [2.45, 2.75) is 12.5 Å². The van der Waals surface area contributed by atoms with Gasteiger partial charge in [-0.3, -0.25) is 14.7 Å². The van der Waals surface area contributed by atoms with Gasteiger partial charge in [0.2, 0.25) is 11.6 Å². The normalized spacial score (nSPS) is 15.7. The van der Waals surface area contributed by atoms with Crippen LogP contribution in [0.1, 0.15) is 22.9 Å². The standard InChI is InChI=1S/C25H26N4O6/c1-28-10-9-15-14-7-5-6-8-16(14)26-20(15)21(28)19-23(30)27-25(32)29(24(19)31)13-11-17(33-2)22(35-4)18(12-13)34-3/h5-8,11-12,21,26,31H,9-10H2,1-4H3,(H,27,30,32)/t21-/m0/s1. The first-order valence-corrected chi connectivity index (χ1v) is 11.1. The molecular weight excluding hydrogens is 452 g/mol. The smallest absolute Gasteiger partial charge is 0.335 e. The molecule has 0 radical (unpaired) electrons. The number of fused-ring (bicyclic) bond motifs is 3. The summed E-state index contributed by atoms with van der Waals surface area (Å²) in [4.78, 5) is 33.8. The van der Waals surface area contributed by atoms with Crippen LogP contribution in [0.4, 0.5) is 0 Å². The van der Waals surface area contributed by atoms with Crippen LogP contribution in [0.3, 0.4) is 0 Å². The lowest BCUT2D eigenvalue weighted by atomic mass is 9.94. The number of likely N-dealkylation sites (N-methyl/N-ethyl adjacent to an activating group) is 1. The fraction of sp³-hybridized carbons (Fsp3) is 0.280. The summed E-state index contributed by atoms with van der Waals surface area (Å²) in [5.74, 6) is 0.476. The zero-order valence-corrected chi connectivity index (χ0v) is 19.8. The first-order chi connectivity index (χ1) is 16.9. The molecule has 0 saturated carbocycles. The maximum atomic E-state index is 13.1. The van der Waals surface area contributed by atoms with Crippen molar-refractivity contribution >= 4 is 10.9 Å². The number of H-pyrrole nitrogens is 2. The van der Waals surface area contributed by atoms with Crippen molar-refractivity contribution in [3.8, 4) is 28.8 Å². The Morgan fingerprint density at radius 1 is 1.00 bits per heavy atom. The average Bonchev–Trinajstić information content (AvgIpc) is 3.23. The topological polar surface area (TPSA) is 122 Å². The highest BCUT2D eigenvalue weighted by Crippen LogP contribution is 2.42. The molecule has 0 unspecified atom stereocenters. The summed E-state index contributed by atoms with van der Waals surface area (Å²) >= 11 is 0. The van der Waals surface area contributed by atoms with Crippen molar-refractivity contribution in [2.24, 2.45) is 0 Å². The van der Waals surface area contributed by atoms with Gasteiger partial charge in [-0.25, -0.2) is 9.36 Å². The summed E-state index contributed by atoms with van der Waals surface area (Å²) in [5.41, 5.74) is 1.72. The number of para-hydroxylation sites is 1. The van der Waals surface area contributed by atoms with Crippen molar-refractivity contribution in [1.82, 2.24) is 19.4 Å². The highest BCUT2D eigenvalue weighted by molar-refractivity contribution is 5.85. The minimum atomic E-state index is -0.791. The van der Waals surface area contributed by atoms with Gasteiger partial charge in [0.15, 0.2) is 11.5 Å². The summed E-state index contributed by atoms with van der Waals surface area (Å²) in [6.45, 7) is 0.668. The van der Waals surface area contributed by atoms with E-state index in [1.807, 2.05) is 36.2 Å². The molecule has 3 N–H and O–H groups in total. The molecule has 1 aliphatic rings. The van der Waals surface area contributed by atoms with Crippen molar-refractivity contribution in [3.05, 3.63) is 74.1 Å². The van der Waals surface area contributed by atoms with Crippen LogP contribution in [0.2, 0.25) is 0 Å². The number of methoxy groups -OCH3 is 3. The van der Waals surface area contributed by atoms with Gasteiger partial charge in [0.1, 0.15) is 5.56 Å². The van der Waals surface area contributed by atoms with Gasteiger partial charge in [-0.1, -0.05) is 18.2 Å². The zero-order chi connectivity index (χ0) is 24.9. The van der Waals surface area contributed by atoms with E-state index in [0.29, 0.717) is 23.8 Å². The van der Waals surface area contributed by atoms with E-state index in [1.165, 1.54) is 33.5 Å². The Morgan fingerprint density at radius 3 is 2.34 bits per heavy atom. The maximum absolute atomic E-state index is 13.1. The number of ether oxygens (including phenoxy) is 3. The Balaban J connectivity index is 1.76. The molecule has 0 aliphatic carbocycles. The van der Waals surface area contributed by atoms with E-state index < -0.39 is 23.2 Å². The van der Waals surface area contributed by atoms with Crippen LogP contribution in [0.25, 0.3) is 16.6 Å². The minimum Gasteiger partial charge on any atom is -0.494 e. The summed E-state index contributed by atoms with van der Waals surface area (Å²) < 4.78 is 17.2. The number of rotatable bonds is 5. The number of hydrogen-bond donors (Lipinski definition) is 3. The van der Waals surface area contributed by atoms with E-state index >= 15 is 0 Å². The Morgan fingerprint density at radius 2 is 1.69 bits per heavy atom. The molecule has 10 heteroatoms. The van der Waals surface area contributed by atoms with Crippen LogP contribution in [0.5, 0.6) is 23.1 Å². The van der Waals surface area contributed by atoms with Gasteiger partial charge in [0, 0.05) is 35.3 Å². The van der Waals surface area contributed by atoms with Gasteiger partial charge in [-0.2, -0.15) is 0 Å². The van der Waals surface area contributed by atoms with Crippen molar-refractivity contribution in [2.75, 3.05) is 34.9 Å². The van der Waals surface area contributed by atoms with Crippen molar-refractivity contribution < 1.29 is 19.3 Å². The quantitative estimate of drug-likeness (QED) is 0.402. The fourth-order valence-electron chi connectivity index (χ4n) is 4.95. The lowest BCUT2D eigenvalue weighted by Crippen LogP contribution is -2.39. The molecule has 35 heavy (non-hydrogen) atoms. The van der Waals surface area contributed by atoms with Crippen molar-refractivity contribution in [3.63, 3.8) is 0 Å². The number of nitrogens with zero attached hydrogens (tertiary/aromatic N) is 2. The molecule has 0 amide bonds. The van der Waals surface area contributed by atoms with Gasteiger partial charge < -0.3 is 24.3 Å². The van der Waals surface area contributed by atoms with E-state index in [4.69, 9.17) is 14.2 Å². The van der Waals surface area contributed by atoms with Crippen LogP contribution in [-0.4, -0.2) is 59.5 Å². The molecule has 0 saturated heterocycles. The maximum Gasteiger partial charge on any atom is 0.335 e. The van der Waals surface area contributed by atoms with E-state index in [1.54, 1.807) is 0 Å².